The van der Waals surface area contributed by atoms with Crippen molar-refractivity contribution in [1.29, 1.82) is 0 Å². The first-order valence-electron chi connectivity index (χ1n) is 10.5. The monoisotopic (exact) mass is 305 g/mol. The molecule has 1 spiro atoms. The molecule has 1 aromatic carbocycles. The Hall–Kier alpha value is -1.52. The first-order chi connectivity index (χ1) is 12.9. The normalized spacial score (nSPS) is 58.3. The van der Waals surface area contributed by atoms with Crippen LogP contribution in [-0.2, 0) is 11.8 Å². The molecule has 4 aliphatic rings. The molecule has 0 amide bonds. The third kappa shape index (κ3) is 1.28. The summed E-state index contributed by atoms with van der Waals surface area (Å²) in [5, 5.41) is 10.9. The van der Waals surface area contributed by atoms with Gasteiger partial charge in [0.15, 0.2) is 11.5 Å². The fourth-order valence-electron chi connectivity index (χ4n) is 4.33. The fourth-order valence-corrected chi connectivity index (χ4v) is 4.33. The van der Waals surface area contributed by atoms with Gasteiger partial charge in [0.25, 0.3) is 0 Å². The van der Waals surface area contributed by atoms with Gasteiger partial charge in [-0.1, -0.05) is 18.2 Å². The predicted octanol–water partition coefficient (Wildman–Crippen LogP) is 1.50. The van der Waals surface area contributed by atoms with Gasteiger partial charge in [-0.3, -0.25) is 0 Å². The Kier molecular flexibility index (Phi) is 1.54. The van der Waals surface area contributed by atoms with Gasteiger partial charge < -0.3 is 19.5 Å². The Bertz CT molecular complexity index is 969. The fraction of sp³-hybridized carbons (Fsp3) is 0.556. The van der Waals surface area contributed by atoms with E-state index in [9.17, 15) is 7.85 Å². The van der Waals surface area contributed by atoms with E-state index < -0.39 is 29.5 Å². The molecule has 4 heteroatoms. The van der Waals surface area contributed by atoms with Crippen molar-refractivity contribution in [3.05, 3.63) is 35.4 Å². The maximum atomic E-state index is 10.9. The Labute approximate surface area is 138 Å². The maximum absolute atomic E-state index is 10.9. The van der Waals surface area contributed by atoms with Crippen LogP contribution >= 0.6 is 0 Å². The van der Waals surface area contributed by atoms with Crippen molar-refractivity contribution in [1.82, 2.24) is 4.90 Å². The number of hydrogen-bond donors (Lipinski definition) is 1. The first-order valence-corrected chi connectivity index (χ1v) is 7.45. The number of methoxy groups -OCH3 is 1. The summed E-state index contributed by atoms with van der Waals surface area (Å²) in [6.07, 6.45) is -2.15. The SMILES string of the molecule is [2H]c1c([2H])c(OC)c2c3c1C[C@@]1([2H])N(C)CC[C@@]34C([2H])(O2)C([2H])(O)C=C[C@@]14[2H]. The van der Waals surface area contributed by atoms with Crippen molar-refractivity contribution in [3.63, 3.8) is 0 Å². The van der Waals surface area contributed by atoms with Crippen molar-refractivity contribution in [2.75, 3.05) is 20.7 Å². The van der Waals surface area contributed by atoms with Gasteiger partial charge >= 0.3 is 0 Å². The van der Waals surface area contributed by atoms with Crippen LogP contribution in [0, 0.1) is 5.89 Å². The second-order valence-corrected chi connectivity index (χ2v) is 6.23. The number of aliphatic hydroxyl groups is 1. The molecule has 0 aromatic heterocycles. The molecule has 2 bridgehead atoms. The third-order valence-electron chi connectivity index (χ3n) is 5.32. The zero-order valence-electron chi connectivity index (χ0n) is 18.5. The molecule has 5 atom stereocenters. The number of piperidine rings is 1. The number of likely N-dealkylation sites (N-methyl/N-ethyl adjacent to an activating group) is 1. The van der Waals surface area contributed by atoms with Crippen LogP contribution < -0.4 is 9.47 Å². The Morgan fingerprint density at radius 3 is 3.18 bits per heavy atom. The van der Waals surface area contributed by atoms with Crippen LogP contribution in [0.25, 0.3) is 0 Å². The minimum absolute atomic E-state index is 0.00595. The number of nitrogens with zero attached hydrogens (tertiary/aromatic N) is 1. The highest BCUT2D eigenvalue weighted by molar-refractivity contribution is 5.62. The molecule has 2 aliphatic heterocycles. The quantitative estimate of drug-likeness (QED) is 0.799. The number of hydrogen-bond acceptors (Lipinski definition) is 4. The molecule has 1 fully saturated rings. The topological polar surface area (TPSA) is 41.9 Å². The van der Waals surface area contributed by atoms with E-state index in [4.69, 9.17) is 15.0 Å². The molecule has 2 unspecified atom stereocenters. The highest BCUT2D eigenvalue weighted by atomic mass is 16.5. The van der Waals surface area contributed by atoms with Gasteiger partial charge in [-0.25, -0.2) is 0 Å². The molecule has 4 nitrogen and oxygen atoms in total. The number of ether oxygens (including phenoxy) is 2. The summed E-state index contributed by atoms with van der Waals surface area (Å²) in [5.74, 6) is -1.68. The molecular formula is C18H21NO3. The van der Waals surface area contributed by atoms with Gasteiger partial charge in [0.2, 0.25) is 0 Å². The van der Waals surface area contributed by atoms with Crippen LogP contribution in [0.4, 0.5) is 0 Å². The average Bonchev–Trinajstić information content (AvgIpc) is 2.90. The van der Waals surface area contributed by atoms with Crippen LogP contribution in [0.15, 0.2) is 24.2 Å². The number of benzene rings is 1. The minimum Gasteiger partial charge on any atom is -0.493 e. The Morgan fingerprint density at radius 1 is 1.50 bits per heavy atom. The lowest BCUT2D eigenvalue weighted by molar-refractivity contribution is -0.0453. The van der Waals surface area contributed by atoms with Crippen LogP contribution in [0.5, 0.6) is 11.5 Å². The van der Waals surface area contributed by atoms with E-state index in [1.54, 1.807) is 11.9 Å². The summed E-state index contributed by atoms with van der Waals surface area (Å²) in [6.45, 7) is 0.370. The predicted molar refractivity (Wildman–Crippen MR) is 82.5 cm³/mol. The van der Waals surface area contributed by atoms with Gasteiger partial charge in [-0.15, -0.1) is 0 Å². The first kappa shape index (κ1) is 8.37. The largest absolute Gasteiger partial charge is 0.493 e. The smallest absolute Gasteiger partial charge is 0.165 e. The minimum atomic E-state index is -2.47. The molecule has 0 saturated carbocycles. The highest BCUT2D eigenvalue weighted by Gasteiger charge is 2.64. The van der Waals surface area contributed by atoms with Crippen molar-refractivity contribution in [3.8, 4) is 11.5 Å². The lowest BCUT2D eigenvalue weighted by Gasteiger charge is -2.56. The number of rotatable bonds is 1. The molecule has 1 aromatic rings. The van der Waals surface area contributed by atoms with Gasteiger partial charge in [0, 0.05) is 25.6 Å². The van der Waals surface area contributed by atoms with Gasteiger partial charge in [-0.2, -0.15) is 0 Å². The Morgan fingerprint density at radius 2 is 2.36 bits per heavy atom. The van der Waals surface area contributed by atoms with Gasteiger partial charge in [0.1, 0.15) is 12.2 Å². The third-order valence-corrected chi connectivity index (χ3v) is 5.32. The lowest BCUT2D eigenvalue weighted by atomic mass is 9.53. The zero-order valence-corrected chi connectivity index (χ0v) is 12.5. The molecule has 0 radical (unpaired) electrons. The summed E-state index contributed by atoms with van der Waals surface area (Å²) >= 11 is 0. The average molecular weight is 305 g/mol. The van der Waals surface area contributed by atoms with Crippen molar-refractivity contribution < 1.29 is 22.8 Å². The standard InChI is InChI=1S/C18H21NO3/c1-19-8-7-18-11-4-5-13(20)17(18)22-16-14(21-2)6-3-10(15(16)18)9-12(11)19/h3-6,11-13,17,20H,7-9H2,1-2H3/t11-,12+,13?,17?,18-/m0/s1/i3D,6D,11D,12D,13D,17D. The van der Waals surface area contributed by atoms with E-state index in [2.05, 4.69) is 0 Å². The Balaban J connectivity index is 2.01. The maximum Gasteiger partial charge on any atom is 0.165 e. The van der Waals surface area contributed by atoms with Crippen LogP contribution in [-0.4, -0.2) is 48.9 Å². The summed E-state index contributed by atoms with van der Waals surface area (Å²) in [6, 6.07) is -1.89. The van der Waals surface area contributed by atoms with E-state index in [0.29, 0.717) is 17.7 Å². The summed E-state index contributed by atoms with van der Waals surface area (Å²) in [4.78, 5) is 1.72. The summed E-state index contributed by atoms with van der Waals surface area (Å²) in [5.41, 5.74) is -0.800. The van der Waals surface area contributed by atoms with Crippen LogP contribution in [0.1, 0.15) is 25.8 Å². The zero-order chi connectivity index (χ0) is 20.5. The lowest BCUT2D eigenvalue weighted by Crippen LogP contribution is -2.64. The second kappa shape index (κ2) is 4.06. The second-order valence-electron chi connectivity index (χ2n) is 6.23. The molecule has 5 rings (SSSR count). The number of likely N-dealkylation sites (tertiary alicyclic amines) is 1. The molecule has 2 aliphatic carbocycles. The summed E-state index contributed by atoms with van der Waals surface area (Å²) < 4.78 is 64.3. The van der Waals surface area contributed by atoms with Crippen molar-refractivity contribution in [2.45, 2.75) is 36.4 Å². The summed E-state index contributed by atoms with van der Waals surface area (Å²) in [7, 11) is 3.06. The van der Waals surface area contributed by atoms with E-state index in [-0.39, 0.29) is 36.4 Å². The van der Waals surface area contributed by atoms with E-state index in [1.165, 1.54) is 13.2 Å². The van der Waals surface area contributed by atoms with E-state index in [1.807, 2.05) is 0 Å². The van der Waals surface area contributed by atoms with Crippen LogP contribution in [0.2, 0.25) is 0 Å². The van der Waals surface area contributed by atoms with Gasteiger partial charge in [-0.05, 0) is 38.0 Å². The van der Waals surface area contributed by atoms with Crippen molar-refractivity contribution in [2.24, 2.45) is 5.89 Å². The highest BCUT2D eigenvalue weighted by Crippen LogP contribution is 2.62. The van der Waals surface area contributed by atoms with Gasteiger partial charge in [0.05, 0.1) is 12.6 Å². The van der Waals surface area contributed by atoms with E-state index >= 15 is 0 Å². The van der Waals surface area contributed by atoms with E-state index in [0.717, 1.165) is 6.08 Å². The molecule has 1 N–H and O–H groups in total. The molecule has 116 valence electrons. The van der Waals surface area contributed by atoms with Crippen LogP contribution in [0.3, 0.4) is 0 Å². The van der Waals surface area contributed by atoms with Crippen molar-refractivity contribution >= 4 is 0 Å². The molecule has 22 heavy (non-hydrogen) atoms. The molecule has 1 saturated heterocycles. The molecular weight excluding hydrogens is 278 g/mol. The molecule has 2 heterocycles.